The number of hydrogen-bond donors (Lipinski definition) is 0. The number of amides is 1. The number of benzene rings is 3. The molecule has 0 unspecified atom stereocenters. The van der Waals surface area contributed by atoms with E-state index in [2.05, 4.69) is 17.0 Å². The molecule has 0 aromatic heterocycles. The maximum absolute atomic E-state index is 14.1. The highest BCUT2D eigenvalue weighted by molar-refractivity contribution is 5.95. The second-order valence-electron chi connectivity index (χ2n) is 8.15. The number of ether oxygens (including phenoxy) is 1. The van der Waals surface area contributed by atoms with Crippen LogP contribution in [0.3, 0.4) is 0 Å². The highest BCUT2D eigenvalue weighted by Crippen LogP contribution is 2.24. The summed E-state index contributed by atoms with van der Waals surface area (Å²) in [5.41, 5.74) is 4.04. The lowest BCUT2D eigenvalue weighted by Crippen LogP contribution is -2.48. The van der Waals surface area contributed by atoms with E-state index in [0.717, 1.165) is 29.8 Å². The third kappa shape index (κ3) is 5.80. The number of methoxy groups -OCH3 is 1. The summed E-state index contributed by atoms with van der Waals surface area (Å²) < 4.78 is 19.1. The third-order valence-electron chi connectivity index (χ3n) is 6.05. The number of piperazine rings is 1. The maximum Gasteiger partial charge on any atom is 0.246 e. The number of rotatable bonds is 7. The summed E-state index contributed by atoms with van der Waals surface area (Å²) in [5, 5.41) is 0. The van der Waals surface area contributed by atoms with E-state index in [1.165, 1.54) is 18.9 Å². The van der Waals surface area contributed by atoms with Gasteiger partial charge in [0.1, 0.15) is 0 Å². The standard InChI is InChI=1S/C28H29FN2O2/c1-33-27-15-13-22(20-26(27)29)12-14-24(23-8-4-2-5-9-23)21-28(32)31-18-16-30(17-19-31)25-10-6-3-7-11-25/h2-11,13,15,20-21H,12,14,16-19H2,1H3/b24-21-. The molecule has 1 aliphatic heterocycles. The fraction of sp³-hybridized carbons (Fsp3) is 0.250. The van der Waals surface area contributed by atoms with Crippen molar-refractivity contribution in [3.63, 3.8) is 0 Å². The molecule has 1 fully saturated rings. The molecule has 3 aromatic rings. The normalized spacial score (nSPS) is 14.3. The summed E-state index contributed by atoms with van der Waals surface area (Å²) in [6.45, 7) is 3.01. The van der Waals surface area contributed by atoms with Gasteiger partial charge in [0.2, 0.25) is 5.91 Å². The van der Waals surface area contributed by atoms with Crippen LogP contribution in [0.15, 0.2) is 84.9 Å². The lowest BCUT2D eigenvalue weighted by atomic mass is 9.97. The van der Waals surface area contributed by atoms with Gasteiger partial charge in [-0.25, -0.2) is 4.39 Å². The minimum Gasteiger partial charge on any atom is -0.494 e. The molecule has 3 aromatic carbocycles. The Morgan fingerprint density at radius 3 is 2.24 bits per heavy atom. The van der Waals surface area contributed by atoms with Gasteiger partial charge in [-0.05, 0) is 53.8 Å². The quantitative estimate of drug-likeness (QED) is 0.470. The summed E-state index contributed by atoms with van der Waals surface area (Å²) in [6.07, 6.45) is 3.04. The first-order valence-corrected chi connectivity index (χ1v) is 11.3. The van der Waals surface area contributed by atoms with Crippen molar-refractivity contribution >= 4 is 17.2 Å². The van der Waals surface area contributed by atoms with E-state index in [0.29, 0.717) is 25.9 Å². The third-order valence-corrected chi connectivity index (χ3v) is 6.05. The molecule has 1 amide bonds. The van der Waals surface area contributed by atoms with Crippen LogP contribution in [-0.2, 0) is 11.2 Å². The van der Waals surface area contributed by atoms with Crippen LogP contribution < -0.4 is 9.64 Å². The van der Waals surface area contributed by atoms with Crippen molar-refractivity contribution < 1.29 is 13.9 Å². The molecular weight excluding hydrogens is 415 g/mol. The second-order valence-corrected chi connectivity index (χ2v) is 8.15. The van der Waals surface area contributed by atoms with Crippen LogP contribution >= 0.6 is 0 Å². The first-order chi connectivity index (χ1) is 16.1. The number of para-hydroxylation sites is 1. The summed E-state index contributed by atoms with van der Waals surface area (Å²) in [7, 11) is 1.46. The first-order valence-electron chi connectivity index (χ1n) is 11.3. The van der Waals surface area contributed by atoms with Gasteiger partial charge in [-0.1, -0.05) is 54.6 Å². The van der Waals surface area contributed by atoms with Gasteiger partial charge in [0, 0.05) is 37.9 Å². The van der Waals surface area contributed by atoms with E-state index in [1.807, 2.05) is 59.5 Å². The van der Waals surface area contributed by atoms with E-state index >= 15 is 0 Å². The molecule has 4 nitrogen and oxygen atoms in total. The van der Waals surface area contributed by atoms with Gasteiger partial charge in [0.15, 0.2) is 11.6 Å². The number of aryl methyl sites for hydroxylation is 1. The molecule has 0 radical (unpaired) electrons. The molecule has 0 aliphatic carbocycles. The van der Waals surface area contributed by atoms with Crippen molar-refractivity contribution in [1.82, 2.24) is 4.90 Å². The summed E-state index contributed by atoms with van der Waals surface area (Å²) in [6, 6.07) is 25.3. The van der Waals surface area contributed by atoms with Gasteiger partial charge >= 0.3 is 0 Å². The lowest BCUT2D eigenvalue weighted by molar-refractivity contribution is -0.126. The Kier molecular flexibility index (Phi) is 7.40. The van der Waals surface area contributed by atoms with Crippen molar-refractivity contribution in [1.29, 1.82) is 0 Å². The molecule has 5 heteroatoms. The minimum atomic E-state index is -0.368. The number of carbonyl (C=O) groups is 1. The second kappa shape index (κ2) is 10.8. The van der Waals surface area contributed by atoms with E-state index in [-0.39, 0.29) is 17.5 Å². The van der Waals surface area contributed by atoms with E-state index in [9.17, 15) is 9.18 Å². The molecule has 1 aliphatic rings. The van der Waals surface area contributed by atoms with Crippen molar-refractivity contribution in [3.8, 4) is 5.75 Å². The average molecular weight is 445 g/mol. The monoisotopic (exact) mass is 444 g/mol. The van der Waals surface area contributed by atoms with Gasteiger partial charge in [-0.15, -0.1) is 0 Å². The van der Waals surface area contributed by atoms with Crippen LogP contribution in [0, 0.1) is 5.82 Å². The van der Waals surface area contributed by atoms with Crippen LogP contribution in [0.25, 0.3) is 5.57 Å². The molecule has 170 valence electrons. The number of nitrogens with zero attached hydrogens (tertiary/aromatic N) is 2. The number of anilines is 1. The van der Waals surface area contributed by atoms with Gasteiger partial charge in [0.05, 0.1) is 7.11 Å². The molecule has 0 N–H and O–H groups in total. The summed E-state index contributed by atoms with van der Waals surface area (Å²) >= 11 is 0. The molecule has 0 saturated carbocycles. The average Bonchev–Trinajstić information content (AvgIpc) is 2.87. The smallest absolute Gasteiger partial charge is 0.246 e. The van der Waals surface area contributed by atoms with Gasteiger partial charge in [0.25, 0.3) is 0 Å². The fourth-order valence-electron chi connectivity index (χ4n) is 4.16. The SMILES string of the molecule is COc1ccc(CC/C(=C/C(=O)N2CCN(c3ccccc3)CC2)c2ccccc2)cc1F. The highest BCUT2D eigenvalue weighted by atomic mass is 19.1. The van der Waals surface area contributed by atoms with Crippen molar-refractivity contribution in [2.45, 2.75) is 12.8 Å². The van der Waals surface area contributed by atoms with Gasteiger partial charge < -0.3 is 14.5 Å². The Morgan fingerprint density at radius 2 is 1.61 bits per heavy atom. The van der Waals surface area contributed by atoms with Crippen molar-refractivity contribution in [2.75, 3.05) is 38.2 Å². The largest absolute Gasteiger partial charge is 0.494 e. The van der Waals surface area contributed by atoms with Crippen LogP contribution in [0.4, 0.5) is 10.1 Å². The molecule has 4 rings (SSSR count). The van der Waals surface area contributed by atoms with Crippen LogP contribution in [0.2, 0.25) is 0 Å². The number of halogens is 1. The van der Waals surface area contributed by atoms with Crippen LogP contribution in [0.1, 0.15) is 17.5 Å². The zero-order valence-electron chi connectivity index (χ0n) is 18.9. The topological polar surface area (TPSA) is 32.8 Å². The lowest BCUT2D eigenvalue weighted by Gasteiger charge is -2.35. The molecule has 1 heterocycles. The number of carbonyl (C=O) groups excluding carboxylic acids is 1. The Balaban J connectivity index is 1.45. The molecule has 1 saturated heterocycles. The fourth-order valence-corrected chi connectivity index (χ4v) is 4.16. The number of hydrogen-bond acceptors (Lipinski definition) is 3. The van der Waals surface area contributed by atoms with Crippen LogP contribution in [0.5, 0.6) is 5.75 Å². The Labute approximate surface area is 194 Å². The predicted molar refractivity (Wildman–Crippen MR) is 131 cm³/mol. The molecule has 0 spiro atoms. The zero-order valence-corrected chi connectivity index (χ0v) is 18.9. The molecular formula is C28H29FN2O2. The predicted octanol–water partition coefficient (Wildman–Crippen LogP) is 5.20. The molecule has 0 bridgehead atoms. The van der Waals surface area contributed by atoms with Gasteiger partial charge in [-0.3, -0.25) is 4.79 Å². The van der Waals surface area contributed by atoms with E-state index in [4.69, 9.17) is 4.74 Å². The van der Waals surface area contributed by atoms with E-state index < -0.39 is 0 Å². The van der Waals surface area contributed by atoms with Gasteiger partial charge in [-0.2, -0.15) is 0 Å². The van der Waals surface area contributed by atoms with Crippen LogP contribution in [-0.4, -0.2) is 44.1 Å². The Morgan fingerprint density at radius 1 is 0.939 bits per heavy atom. The maximum atomic E-state index is 14.1. The van der Waals surface area contributed by atoms with Crippen molar-refractivity contribution in [3.05, 3.63) is 102 Å². The Bertz CT molecular complexity index is 1090. The summed E-state index contributed by atoms with van der Waals surface area (Å²) in [5.74, 6) is -0.0996. The molecule has 33 heavy (non-hydrogen) atoms. The van der Waals surface area contributed by atoms with Crippen molar-refractivity contribution in [2.24, 2.45) is 0 Å². The Hall–Kier alpha value is -3.60. The zero-order chi connectivity index (χ0) is 23.0. The number of allylic oxidation sites excluding steroid dienone is 1. The molecule has 0 atom stereocenters. The minimum absolute atomic E-state index is 0.0301. The summed E-state index contributed by atoms with van der Waals surface area (Å²) in [4.78, 5) is 17.3. The highest BCUT2D eigenvalue weighted by Gasteiger charge is 2.20. The first kappa shape index (κ1) is 22.6. The van der Waals surface area contributed by atoms with E-state index in [1.54, 1.807) is 12.1 Å².